The maximum Gasteiger partial charge on any atom is 0.339 e. The van der Waals surface area contributed by atoms with Crippen LogP contribution in [0, 0.1) is 23.7 Å². The average Bonchev–Trinajstić information content (AvgIpc) is 2.82. The van der Waals surface area contributed by atoms with Crippen molar-refractivity contribution in [2.24, 2.45) is 23.7 Å². The Balaban J connectivity index is 1.59. The molecule has 1 aromatic heterocycles. The lowest BCUT2D eigenvalue weighted by Gasteiger charge is -2.04. The maximum absolute atomic E-state index is 11.2. The van der Waals surface area contributed by atoms with Crippen LogP contribution in [0.4, 0.5) is 0 Å². The molecule has 1 aromatic carbocycles. The van der Waals surface area contributed by atoms with Crippen LogP contribution in [0.5, 0.6) is 0 Å². The molecule has 4 heteroatoms. The van der Waals surface area contributed by atoms with Crippen LogP contribution in [-0.4, -0.2) is 16.1 Å². The molecule has 5 rings (SSSR count). The fraction of sp³-hybridized carbons (Fsp3) is 0.500. The van der Waals surface area contributed by atoms with E-state index in [1.165, 1.54) is 19.3 Å². The van der Waals surface area contributed by atoms with Crippen molar-refractivity contribution in [2.45, 2.75) is 25.2 Å². The quantitative estimate of drug-likeness (QED) is 0.908. The number of aromatic carboxylic acids is 1. The second-order valence-electron chi connectivity index (χ2n) is 6.52. The second kappa shape index (κ2) is 3.43. The molecule has 0 aliphatic heterocycles. The smallest absolute Gasteiger partial charge is 0.339 e. The van der Waals surface area contributed by atoms with Gasteiger partial charge in [-0.15, -0.1) is 0 Å². The van der Waals surface area contributed by atoms with Gasteiger partial charge >= 0.3 is 5.97 Å². The van der Waals surface area contributed by atoms with Crippen LogP contribution in [-0.2, 0) is 0 Å². The Bertz CT molecular complexity index is 718. The van der Waals surface area contributed by atoms with Crippen molar-refractivity contribution in [3.8, 4) is 0 Å². The van der Waals surface area contributed by atoms with E-state index in [1.54, 1.807) is 12.1 Å². The number of oxazole rings is 1. The number of rotatable bonds is 2. The van der Waals surface area contributed by atoms with Crippen LogP contribution in [0.2, 0.25) is 0 Å². The third kappa shape index (κ3) is 1.22. The number of aromatic nitrogens is 1. The summed E-state index contributed by atoms with van der Waals surface area (Å²) in [5, 5.41) is 9.21. The molecule has 1 N–H and O–H groups in total. The minimum Gasteiger partial charge on any atom is -0.478 e. The fourth-order valence-corrected chi connectivity index (χ4v) is 4.93. The number of fused-ring (bicyclic) bond motifs is 6. The zero-order chi connectivity index (χ0) is 13.4. The van der Waals surface area contributed by atoms with Crippen LogP contribution in [0.25, 0.3) is 11.1 Å². The van der Waals surface area contributed by atoms with E-state index in [9.17, 15) is 9.90 Å². The van der Waals surface area contributed by atoms with E-state index in [-0.39, 0.29) is 5.56 Å². The fourth-order valence-electron chi connectivity index (χ4n) is 4.93. The number of hydrogen-bond donors (Lipinski definition) is 1. The molecule has 4 atom stereocenters. The van der Waals surface area contributed by atoms with E-state index in [0.717, 1.165) is 29.6 Å². The summed E-state index contributed by atoms with van der Waals surface area (Å²) in [6.45, 7) is 0. The number of carboxylic acids is 1. The first-order chi connectivity index (χ1) is 9.74. The van der Waals surface area contributed by atoms with Crippen molar-refractivity contribution < 1.29 is 14.3 Å². The largest absolute Gasteiger partial charge is 0.478 e. The van der Waals surface area contributed by atoms with Crippen molar-refractivity contribution in [2.75, 3.05) is 0 Å². The van der Waals surface area contributed by atoms with Gasteiger partial charge in [0.15, 0.2) is 11.5 Å². The van der Waals surface area contributed by atoms with Gasteiger partial charge in [-0.1, -0.05) is 6.07 Å². The summed E-state index contributed by atoms with van der Waals surface area (Å²) in [6.07, 6.45) is 4.12. The van der Waals surface area contributed by atoms with Crippen molar-refractivity contribution in [3.63, 3.8) is 0 Å². The Kier molecular flexibility index (Phi) is 1.87. The van der Waals surface area contributed by atoms with E-state index in [0.29, 0.717) is 17.0 Å². The molecule has 3 saturated carbocycles. The first kappa shape index (κ1) is 10.9. The molecule has 3 aliphatic carbocycles. The van der Waals surface area contributed by atoms with Crippen molar-refractivity contribution in [1.29, 1.82) is 0 Å². The Morgan fingerprint density at radius 1 is 1.25 bits per heavy atom. The van der Waals surface area contributed by atoms with Crippen LogP contribution >= 0.6 is 0 Å². The van der Waals surface area contributed by atoms with Gasteiger partial charge in [-0.25, -0.2) is 9.78 Å². The summed E-state index contributed by atoms with van der Waals surface area (Å²) in [6, 6.07) is 5.15. The highest BCUT2D eigenvalue weighted by Gasteiger charge is 2.67. The van der Waals surface area contributed by atoms with Gasteiger partial charge in [0.05, 0.1) is 0 Å². The molecule has 2 bridgehead atoms. The first-order valence-corrected chi connectivity index (χ1v) is 7.37. The molecule has 3 fully saturated rings. The summed E-state index contributed by atoms with van der Waals surface area (Å²) >= 11 is 0. The Labute approximate surface area is 115 Å². The Hall–Kier alpha value is -1.84. The van der Waals surface area contributed by atoms with E-state index in [2.05, 4.69) is 4.98 Å². The molecule has 4 unspecified atom stereocenters. The van der Waals surface area contributed by atoms with Crippen LogP contribution in [0.3, 0.4) is 0 Å². The lowest BCUT2D eigenvalue weighted by Crippen LogP contribution is -1.97. The predicted molar refractivity (Wildman–Crippen MR) is 71.5 cm³/mol. The van der Waals surface area contributed by atoms with Gasteiger partial charge in [-0.2, -0.15) is 0 Å². The minimum atomic E-state index is -0.950. The van der Waals surface area contributed by atoms with E-state index in [1.807, 2.05) is 6.07 Å². The van der Waals surface area contributed by atoms with E-state index >= 15 is 0 Å². The molecular weight excluding hydrogens is 254 g/mol. The third-order valence-corrected chi connectivity index (χ3v) is 5.68. The van der Waals surface area contributed by atoms with E-state index in [4.69, 9.17) is 4.42 Å². The standard InChI is InChI=1S/C16H15NO3/c18-16(19)9-2-1-3-10-14(9)20-15(17-10)13-11-7-4-5-8(6-7)12(11)13/h1-3,7-8,11-13H,4-6H2,(H,18,19). The number of benzene rings is 1. The summed E-state index contributed by atoms with van der Waals surface area (Å²) in [7, 11) is 0. The molecular formula is C16H15NO3. The van der Waals surface area contributed by atoms with Crippen molar-refractivity contribution in [3.05, 3.63) is 29.7 Å². The highest BCUT2D eigenvalue weighted by molar-refractivity contribution is 5.99. The molecule has 0 amide bonds. The molecule has 1 heterocycles. The summed E-state index contributed by atoms with van der Waals surface area (Å²) in [4.78, 5) is 15.8. The predicted octanol–water partition coefficient (Wildman–Crippen LogP) is 3.29. The van der Waals surface area contributed by atoms with Gasteiger partial charge in [0, 0.05) is 5.92 Å². The molecule has 0 radical (unpaired) electrons. The van der Waals surface area contributed by atoms with Gasteiger partial charge in [-0.05, 0) is 55.1 Å². The Morgan fingerprint density at radius 3 is 2.70 bits per heavy atom. The van der Waals surface area contributed by atoms with Gasteiger partial charge in [0.25, 0.3) is 0 Å². The normalized spacial score (nSPS) is 37.3. The molecule has 3 aliphatic rings. The monoisotopic (exact) mass is 269 g/mol. The Morgan fingerprint density at radius 2 is 2.00 bits per heavy atom. The van der Waals surface area contributed by atoms with Crippen LogP contribution in [0.15, 0.2) is 22.6 Å². The topological polar surface area (TPSA) is 63.3 Å². The summed E-state index contributed by atoms with van der Waals surface area (Å²) < 4.78 is 5.85. The van der Waals surface area contributed by atoms with E-state index < -0.39 is 5.97 Å². The molecule has 4 nitrogen and oxygen atoms in total. The highest BCUT2D eigenvalue weighted by Crippen LogP contribution is 2.73. The lowest BCUT2D eigenvalue weighted by molar-refractivity contribution is 0.0698. The zero-order valence-corrected chi connectivity index (χ0v) is 11.0. The van der Waals surface area contributed by atoms with Crippen LogP contribution in [0.1, 0.15) is 41.4 Å². The van der Waals surface area contributed by atoms with Gasteiger partial charge in [-0.3, -0.25) is 0 Å². The summed E-state index contributed by atoms with van der Waals surface area (Å²) in [5.74, 6) is 3.53. The molecule has 0 saturated heterocycles. The van der Waals surface area contributed by atoms with Crippen LogP contribution < -0.4 is 0 Å². The number of para-hydroxylation sites is 1. The number of hydrogen-bond acceptors (Lipinski definition) is 3. The summed E-state index contributed by atoms with van der Waals surface area (Å²) in [5.41, 5.74) is 1.33. The molecule has 0 spiro atoms. The second-order valence-corrected chi connectivity index (χ2v) is 6.52. The van der Waals surface area contributed by atoms with Crippen molar-refractivity contribution in [1.82, 2.24) is 4.98 Å². The number of carboxylic acid groups (broad SMARTS) is 1. The minimum absolute atomic E-state index is 0.218. The van der Waals surface area contributed by atoms with Gasteiger partial charge in [0.2, 0.25) is 0 Å². The van der Waals surface area contributed by atoms with Gasteiger partial charge < -0.3 is 9.52 Å². The average molecular weight is 269 g/mol. The number of nitrogens with zero attached hydrogens (tertiary/aromatic N) is 1. The molecule has 2 aromatic rings. The third-order valence-electron chi connectivity index (χ3n) is 5.68. The number of carbonyl (C=O) groups is 1. The first-order valence-electron chi connectivity index (χ1n) is 7.37. The SMILES string of the molecule is O=C(O)c1cccc2nc(C3C4C5CCC(C5)C34)oc12. The highest BCUT2D eigenvalue weighted by atomic mass is 16.4. The maximum atomic E-state index is 11.2. The van der Waals surface area contributed by atoms with Crippen molar-refractivity contribution >= 4 is 17.1 Å². The lowest BCUT2D eigenvalue weighted by atomic mass is 10.0. The molecule has 20 heavy (non-hydrogen) atoms. The van der Waals surface area contributed by atoms with Gasteiger partial charge in [0.1, 0.15) is 11.1 Å². The zero-order valence-electron chi connectivity index (χ0n) is 11.0. The molecule has 102 valence electrons.